The second-order valence-electron chi connectivity index (χ2n) is 8.62. The Hall–Kier alpha value is -3.17. The molecule has 1 heterocycles. The number of amides is 2. The van der Waals surface area contributed by atoms with E-state index in [1.54, 1.807) is 16.2 Å². The van der Waals surface area contributed by atoms with Gasteiger partial charge in [0.1, 0.15) is 6.54 Å². The molecule has 0 aliphatic carbocycles. The van der Waals surface area contributed by atoms with Crippen LogP contribution in [0, 0.1) is 6.92 Å². The summed E-state index contributed by atoms with van der Waals surface area (Å²) in [6, 6.07) is 15.8. The average molecular weight is 533 g/mol. The Bertz CT molecular complexity index is 1160. The number of carbonyl (C=O) groups is 2. The van der Waals surface area contributed by atoms with Gasteiger partial charge in [-0.15, -0.1) is 11.3 Å². The highest BCUT2D eigenvalue weighted by Crippen LogP contribution is 2.30. The first-order valence-corrected chi connectivity index (χ1v) is 13.0. The van der Waals surface area contributed by atoms with Crippen LogP contribution in [0.4, 0.5) is 13.2 Å². The van der Waals surface area contributed by atoms with Crippen LogP contribution < -0.4 is 0 Å². The topological polar surface area (TPSA) is 49.9 Å². The number of ether oxygens (including phenoxy) is 1. The second kappa shape index (κ2) is 13.4. The van der Waals surface area contributed by atoms with Crippen LogP contribution in [0.3, 0.4) is 0 Å². The summed E-state index contributed by atoms with van der Waals surface area (Å²) in [6.45, 7) is 5.36. The molecule has 0 aliphatic heterocycles. The van der Waals surface area contributed by atoms with E-state index in [0.29, 0.717) is 32.7 Å². The fraction of sp³-hybridized carbons (Fsp3) is 0.357. The highest BCUT2D eigenvalue weighted by Gasteiger charge is 2.32. The maximum atomic E-state index is 13.6. The molecule has 0 aliphatic rings. The van der Waals surface area contributed by atoms with Crippen molar-refractivity contribution in [3.05, 3.63) is 93.2 Å². The first-order chi connectivity index (χ1) is 17.7. The molecule has 0 radical (unpaired) electrons. The molecule has 2 aromatic carbocycles. The van der Waals surface area contributed by atoms with Gasteiger partial charge < -0.3 is 14.5 Å². The van der Waals surface area contributed by atoms with E-state index in [9.17, 15) is 22.8 Å². The van der Waals surface area contributed by atoms with Crippen molar-refractivity contribution in [2.75, 3.05) is 26.3 Å². The Kier molecular flexibility index (Phi) is 10.3. The summed E-state index contributed by atoms with van der Waals surface area (Å²) in [6.07, 6.45) is -4.12. The summed E-state index contributed by atoms with van der Waals surface area (Å²) in [5, 5.41) is 1.97. The number of alkyl halides is 3. The number of benzene rings is 2. The molecule has 3 rings (SSSR count). The zero-order valence-corrected chi connectivity index (χ0v) is 21.8. The summed E-state index contributed by atoms with van der Waals surface area (Å²) in [7, 11) is 0. The van der Waals surface area contributed by atoms with Crippen LogP contribution >= 0.6 is 11.3 Å². The Morgan fingerprint density at radius 1 is 0.973 bits per heavy atom. The van der Waals surface area contributed by atoms with Crippen LogP contribution in [0.25, 0.3) is 0 Å². The number of halogens is 3. The smallest absolute Gasteiger partial charge is 0.382 e. The molecule has 0 fully saturated rings. The minimum absolute atomic E-state index is 0.109. The summed E-state index contributed by atoms with van der Waals surface area (Å²) in [5.74, 6) is -0.906. The molecule has 3 aromatic rings. The molecule has 0 saturated heterocycles. The SMILES string of the molecule is CCOCCCN(CC(=O)N(Cc1ccccc1)Cc1sccc1C)C(=O)c1cccc(C(F)(F)F)c1. The molecule has 0 bridgehead atoms. The molecule has 5 nitrogen and oxygen atoms in total. The molecule has 0 spiro atoms. The van der Waals surface area contributed by atoms with Crippen molar-refractivity contribution < 1.29 is 27.5 Å². The van der Waals surface area contributed by atoms with Crippen LogP contribution in [0.2, 0.25) is 0 Å². The number of thiophene rings is 1. The number of hydrogen-bond acceptors (Lipinski definition) is 4. The van der Waals surface area contributed by atoms with E-state index < -0.39 is 17.6 Å². The molecule has 0 unspecified atom stereocenters. The van der Waals surface area contributed by atoms with Crippen molar-refractivity contribution in [3.8, 4) is 0 Å². The Labute approximate surface area is 219 Å². The second-order valence-corrected chi connectivity index (χ2v) is 9.62. The predicted molar refractivity (Wildman–Crippen MR) is 138 cm³/mol. The predicted octanol–water partition coefficient (Wildman–Crippen LogP) is 6.17. The van der Waals surface area contributed by atoms with Gasteiger partial charge in [0.15, 0.2) is 0 Å². The van der Waals surface area contributed by atoms with Gasteiger partial charge in [-0.05, 0) is 61.0 Å². The van der Waals surface area contributed by atoms with Gasteiger partial charge >= 0.3 is 6.18 Å². The highest BCUT2D eigenvalue weighted by atomic mass is 32.1. The summed E-state index contributed by atoms with van der Waals surface area (Å²) in [4.78, 5) is 30.9. The van der Waals surface area contributed by atoms with E-state index in [4.69, 9.17) is 4.74 Å². The first kappa shape index (κ1) is 28.4. The molecular weight excluding hydrogens is 501 g/mol. The summed E-state index contributed by atoms with van der Waals surface area (Å²) in [5.41, 5.74) is 1.00. The first-order valence-electron chi connectivity index (χ1n) is 12.1. The molecule has 0 atom stereocenters. The minimum Gasteiger partial charge on any atom is -0.382 e. The molecule has 0 saturated carbocycles. The van der Waals surface area contributed by atoms with E-state index in [-0.39, 0.29) is 24.6 Å². The lowest BCUT2D eigenvalue weighted by Crippen LogP contribution is -2.43. The lowest BCUT2D eigenvalue weighted by atomic mass is 10.1. The monoisotopic (exact) mass is 532 g/mol. The Morgan fingerprint density at radius 3 is 2.38 bits per heavy atom. The van der Waals surface area contributed by atoms with Crippen molar-refractivity contribution in [2.45, 2.75) is 39.5 Å². The highest BCUT2D eigenvalue weighted by molar-refractivity contribution is 7.10. The largest absolute Gasteiger partial charge is 0.416 e. The van der Waals surface area contributed by atoms with Gasteiger partial charge in [-0.2, -0.15) is 13.2 Å². The van der Waals surface area contributed by atoms with E-state index in [1.807, 2.05) is 55.6 Å². The van der Waals surface area contributed by atoms with Crippen LogP contribution in [0.5, 0.6) is 0 Å². The number of rotatable bonds is 12. The molecule has 1 aromatic heterocycles. The molecule has 0 N–H and O–H groups in total. The van der Waals surface area contributed by atoms with Gasteiger partial charge in [-0.25, -0.2) is 0 Å². The van der Waals surface area contributed by atoms with Gasteiger partial charge in [0.2, 0.25) is 5.91 Å². The minimum atomic E-state index is -4.57. The van der Waals surface area contributed by atoms with Gasteiger partial charge in [-0.3, -0.25) is 9.59 Å². The van der Waals surface area contributed by atoms with Crippen LogP contribution in [0.1, 0.15) is 45.3 Å². The van der Waals surface area contributed by atoms with Gasteiger partial charge in [-0.1, -0.05) is 36.4 Å². The number of aryl methyl sites for hydroxylation is 1. The lowest BCUT2D eigenvalue weighted by molar-refractivity contribution is -0.137. The van der Waals surface area contributed by atoms with Gasteiger partial charge in [0, 0.05) is 36.7 Å². The van der Waals surface area contributed by atoms with E-state index in [1.165, 1.54) is 17.0 Å². The van der Waals surface area contributed by atoms with Crippen LogP contribution in [0.15, 0.2) is 66.0 Å². The third-order valence-electron chi connectivity index (χ3n) is 5.84. The van der Waals surface area contributed by atoms with Gasteiger partial charge in [0.25, 0.3) is 5.91 Å². The molecular formula is C28H31F3N2O3S. The zero-order valence-electron chi connectivity index (χ0n) is 21.0. The zero-order chi connectivity index (χ0) is 26.8. The average Bonchev–Trinajstić information content (AvgIpc) is 3.29. The maximum Gasteiger partial charge on any atom is 0.416 e. The molecule has 37 heavy (non-hydrogen) atoms. The number of hydrogen-bond donors (Lipinski definition) is 0. The molecule has 9 heteroatoms. The lowest BCUT2D eigenvalue weighted by Gasteiger charge is -2.28. The summed E-state index contributed by atoms with van der Waals surface area (Å²) >= 11 is 1.55. The fourth-order valence-corrected chi connectivity index (χ4v) is 4.72. The standard InChI is InChI=1S/C28H31F3N2O3S/c1-3-36-15-8-14-32(27(35)23-11-7-12-24(17-23)28(29,30)31)20-26(34)33(18-22-9-5-4-6-10-22)19-25-21(2)13-16-37-25/h4-7,9-13,16-17H,3,8,14-15,18-20H2,1-2H3. The van der Waals surface area contributed by atoms with Crippen molar-refractivity contribution in [2.24, 2.45) is 0 Å². The molecule has 2 amide bonds. The fourth-order valence-electron chi connectivity index (χ4n) is 3.80. The Morgan fingerprint density at radius 2 is 1.73 bits per heavy atom. The number of carbonyl (C=O) groups excluding carboxylic acids is 2. The van der Waals surface area contributed by atoms with E-state index >= 15 is 0 Å². The normalized spacial score (nSPS) is 11.4. The van der Waals surface area contributed by atoms with Crippen LogP contribution in [-0.4, -0.2) is 47.9 Å². The van der Waals surface area contributed by atoms with Gasteiger partial charge in [0.05, 0.1) is 12.1 Å². The third-order valence-corrected chi connectivity index (χ3v) is 6.85. The van der Waals surface area contributed by atoms with Crippen molar-refractivity contribution in [1.82, 2.24) is 9.80 Å². The van der Waals surface area contributed by atoms with Crippen molar-refractivity contribution in [1.29, 1.82) is 0 Å². The van der Waals surface area contributed by atoms with Crippen molar-refractivity contribution in [3.63, 3.8) is 0 Å². The van der Waals surface area contributed by atoms with E-state index in [0.717, 1.165) is 28.1 Å². The summed E-state index contributed by atoms with van der Waals surface area (Å²) < 4.78 is 45.1. The number of nitrogens with zero attached hydrogens (tertiary/aromatic N) is 2. The third kappa shape index (κ3) is 8.43. The van der Waals surface area contributed by atoms with E-state index in [2.05, 4.69) is 0 Å². The maximum absolute atomic E-state index is 13.6. The van der Waals surface area contributed by atoms with Crippen molar-refractivity contribution >= 4 is 23.2 Å². The van der Waals surface area contributed by atoms with Crippen LogP contribution in [-0.2, 0) is 28.8 Å². The quantitative estimate of drug-likeness (QED) is 0.262. The Balaban J connectivity index is 1.84. The molecule has 198 valence electrons.